The van der Waals surface area contributed by atoms with Crippen molar-refractivity contribution in [3.05, 3.63) is 81.9 Å². The minimum absolute atomic E-state index is 0.00751. The first-order chi connectivity index (χ1) is 18.5. The number of nitrogens with zero attached hydrogens (tertiary/aromatic N) is 5. The number of benzene rings is 1. The van der Waals surface area contributed by atoms with Crippen LogP contribution in [0.2, 0.25) is 0 Å². The van der Waals surface area contributed by atoms with Crippen LogP contribution in [-0.4, -0.2) is 56.8 Å². The van der Waals surface area contributed by atoms with Crippen LogP contribution in [0.5, 0.6) is 0 Å². The molecule has 2 aliphatic heterocycles. The number of aliphatic hydroxyl groups excluding tert-OH is 1. The molecule has 0 spiro atoms. The number of amides is 1. The van der Waals surface area contributed by atoms with Crippen molar-refractivity contribution >= 4 is 28.4 Å². The number of halogens is 1. The van der Waals surface area contributed by atoms with Crippen LogP contribution in [0.15, 0.2) is 53.6 Å². The van der Waals surface area contributed by atoms with Gasteiger partial charge in [0.05, 0.1) is 16.8 Å². The summed E-state index contributed by atoms with van der Waals surface area (Å²) < 4.78 is 15.4. The molecule has 0 radical (unpaired) electrons. The van der Waals surface area contributed by atoms with Crippen molar-refractivity contribution in [2.75, 3.05) is 36.0 Å². The lowest BCUT2D eigenvalue weighted by molar-refractivity contribution is 0.0984. The van der Waals surface area contributed by atoms with Gasteiger partial charge in [0.15, 0.2) is 5.65 Å². The first kappa shape index (κ1) is 23.9. The van der Waals surface area contributed by atoms with Gasteiger partial charge in [0.1, 0.15) is 18.1 Å². The zero-order chi connectivity index (χ0) is 26.2. The second-order valence-electron chi connectivity index (χ2n) is 9.42. The molecule has 9 nitrogen and oxygen atoms in total. The third-order valence-electron chi connectivity index (χ3n) is 7.25. The molecule has 0 saturated carbocycles. The van der Waals surface area contributed by atoms with E-state index in [-0.39, 0.29) is 35.8 Å². The average Bonchev–Trinajstić information content (AvgIpc) is 3.51. The lowest BCUT2D eigenvalue weighted by Gasteiger charge is -2.34. The predicted octanol–water partition coefficient (Wildman–Crippen LogP) is 2.65. The summed E-state index contributed by atoms with van der Waals surface area (Å²) in [5, 5.41) is 9.25. The summed E-state index contributed by atoms with van der Waals surface area (Å²) >= 11 is 0. The van der Waals surface area contributed by atoms with E-state index in [9.17, 15) is 19.1 Å². The molecule has 4 aromatic rings. The zero-order valence-corrected chi connectivity index (χ0v) is 20.5. The number of imidazole rings is 1. The standard InChI is InChI=1S/C28H25FN6O3/c29-20-5-6-23-18(15-20)7-13-34(23)27(37)22-16-25(19(17-31-22)3-2-14-36)33-11-8-21(9-12-33)35-24-4-1-10-30-26(24)32-28(35)38/h1,4-6,10,15-17,21,36H,7-9,11-14H2,(H,30,32,38). The molecule has 1 amide bonds. The molecule has 1 saturated heterocycles. The van der Waals surface area contributed by atoms with E-state index >= 15 is 0 Å². The second kappa shape index (κ2) is 9.76. The molecule has 6 rings (SSSR count). The number of hydrogen-bond acceptors (Lipinski definition) is 6. The molecule has 0 bridgehead atoms. The number of carbonyl (C=O) groups is 1. The summed E-state index contributed by atoms with van der Waals surface area (Å²) in [6.45, 7) is 1.45. The normalized spacial score (nSPS) is 15.4. The number of nitrogens with one attached hydrogen (secondary N) is 1. The molecular formula is C28H25FN6O3. The van der Waals surface area contributed by atoms with Gasteiger partial charge in [-0.25, -0.2) is 19.2 Å². The summed E-state index contributed by atoms with van der Waals surface area (Å²) in [4.78, 5) is 41.3. The fourth-order valence-corrected chi connectivity index (χ4v) is 5.46. The highest BCUT2D eigenvalue weighted by atomic mass is 19.1. The highest BCUT2D eigenvalue weighted by Crippen LogP contribution is 2.32. The molecule has 0 aliphatic carbocycles. The van der Waals surface area contributed by atoms with E-state index in [4.69, 9.17) is 0 Å². The highest BCUT2D eigenvalue weighted by molar-refractivity contribution is 6.06. The minimum atomic E-state index is -0.320. The van der Waals surface area contributed by atoms with E-state index in [0.717, 1.165) is 16.8 Å². The molecule has 3 aromatic heterocycles. The molecule has 10 heteroatoms. The first-order valence-electron chi connectivity index (χ1n) is 12.5. The third kappa shape index (κ3) is 4.21. The number of aromatic amines is 1. The van der Waals surface area contributed by atoms with Crippen LogP contribution in [0.1, 0.15) is 40.5 Å². The number of rotatable bonds is 3. The van der Waals surface area contributed by atoms with Crippen LogP contribution in [0.25, 0.3) is 11.2 Å². The number of aliphatic hydroxyl groups is 1. The second-order valence-corrected chi connectivity index (χ2v) is 9.42. The highest BCUT2D eigenvalue weighted by Gasteiger charge is 2.29. The maximum atomic E-state index is 13.7. The first-order valence-corrected chi connectivity index (χ1v) is 12.5. The Bertz CT molecular complexity index is 1660. The van der Waals surface area contributed by atoms with Crippen LogP contribution >= 0.6 is 0 Å². The number of H-pyrrole nitrogens is 1. The molecule has 5 heterocycles. The van der Waals surface area contributed by atoms with Crippen molar-refractivity contribution in [1.82, 2.24) is 19.5 Å². The lowest BCUT2D eigenvalue weighted by atomic mass is 10.0. The van der Waals surface area contributed by atoms with Crippen molar-refractivity contribution in [3.63, 3.8) is 0 Å². The maximum absolute atomic E-state index is 13.7. The third-order valence-corrected chi connectivity index (χ3v) is 7.25. The lowest BCUT2D eigenvalue weighted by Crippen LogP contribution is -2.37. The minimum Gasteiger partial charge on any atom is -0.384 e. The van der Waals surface area contributed by atoms with Gasteiger partial charge in [-0.05, 0) is 61.2 Å². The predicted molar refractivity (Wildman–Crippen MR) is 141 cm³/mol. The van der Waals surface area contributed by atoms with E-state index < -0.39 is 0 Å². The Morgan fingerprint density at radius 2 is 1.97 bits per heavy atom. The summed E-state index contributed by atoms with van der Waals surface area (Å²) in [5.74, 6) is 5.05. The van der Waals surface area contributed by atoms with Crippen molar-refractivity contribution in [2.45, 2.75) is 25.3 Å². The fourth-order valence-electron chi connectivity index (χ4n) is 5.46. The molecule has 2 N–H and O–H groups in total. The van der Waals surface area contributed by atoms with Crippen LogP contribution < -0.4 is 15.5 Å². The number of aromatic nitrogens is 4. The number of hydrogen-bond donors (Lipinski definition) is 2. The van der Waals surface area contributed by atoms with E-state index in [1.165, 1.54) is 12.1 Å². The summed E-state index contributed by atoms with van der Waals surface area (Å²) in [6.07, 6.45) is 5.23. The smallest absolute Gasteiger partial charge is 0.327 e. The van der Waals surface area contributed by atoms with Gasteiger partial charge in [0, 0.05) is 43.8 Å². The van der Waals surface area contributed by atoms with Gasteiger partial charge in [0.25, 0.3) is 5.91 Å². The fraction of sp³-hybridized carbons (Fsp3) is 0.286. The Kier molecular flexibility index (Phi) is 6.13. The van der Waals surface area contributed by atoms with E-state index in [1.807, 2.05) is 12.1 Å². The Balaban J connectivity index is 1.27. The van der Waals surface area contributed by atoms with Crippen LogP contribution in [0, 0.1) is 17.7 Å². The molecule has 2 aliphatic rings. The topological polar surface area (TPSA) is 107 Å². The Morgan fingerprint density at radius 1 is 1.13 bits per heavy atom. The summed E-state index contributed by atoms with van der Waals surface area (Å²) in [6, 6.07) is 9.91. The molecular weight excluding hydrogens is 487 g/mol. The van der Waals surface area contributed by atoms with Crippen molar-refractivity contribution in [1.29, 1.82) is 0 Å². The quantitative estimate of drug-likeness (QED) is 0.409. The zero-order valence-electron chi connectivity index (χ0n) is 20.5. The van der Waals surface area contributed by atoms with Gasteiger partial charge in [0.2, 0.25) is 0 Å². The van der Waals surface area contributed by atoms with E-state index in [1.54, 1.807) is 34.0 Å². The summed E-state index contributed by atoms with van der Waals surface area (Å²) in [5.41, 5.74) is 4.33. The van der Waals surface area contributed by atoms with E-state index in [0.29, 0.717) is 55.8 Å². The van der Waals surface area contributed by atoms with Gasteiger partial charge in [-0.1, -0.05) is 11.8 Å². The van der Waals surface area contributed by atoms with Crippen molar-refractivity contribution in [2.24, 2.45) is 0 Å². The molecule has 0 atom stereocenters. The molecule has 1 fully saturated rings. The van der Waals surface area contributed by atoms with Crippen LogP contribution in [0.3, 0.4) is 0 Å². The SMILES string of the molecule is O=C(c1cc(N2CCC(n3c(=O)[nH]c4ncccc43)CC2)c(C#CCO)cn1)N1CCc2cc(F)ccc21. The Hall–Kier alpha value is -4.49. The van der Waals surface area contributed by atoms with Gasteiger partial charge >= 0.3 is 5.69 Å². The molecule has 1 aromatic carbocycles. The number of pyridine rings is 2. The number of carbonyl (C=O) groups excluding carboxylic acids is 1. The molecule has 192 valence electrons. The Morgan fingerprint density at radius 3 is 2.79 bits per heavy atom. The van der Waals surface area contributed by atoms with E-state index in [2.05, 4.69) is 31.7 Å². The molecule has 38 heavy (non-hydrogen) atoms. The maximum Gasteiger partial charge on any atom is 0.327 e. The number of piperidine rings is 1. The number of anilines is 2. The number of fused-ring (bicyclic) bond motifs is 2. The molecule has 0 unspecified atom stereocenters. The Labute approximate surface area is 217 Å². The van der Waals surface area contributed by atoms with Gasteiger partial charge in [-0.15, -0.1) is 0 Å². The van der Waals surface area contributed by atoms with Crippen LogP contribution in [-0.2, 0) is 6.42 Å². The van der Waals surface area contributed by atoms with Crippen LogP contribution in [0.4, 0.5) is 15.8 Å². The van der Waals surface area contributed by atoms with Crippen molar-refractivity contribution < 1.29 is 14.3 Å². The van der Waals surface area contributed by atoms with Crippen molar-refractivity contribution in [3.8, 4) is 11.8 Å². The van der Waals surface area contributed by atoms with Gasteiger partial charge in [-0.3, -0.25) is 14.3 Å². The average molecular weight is 513 g/mol. The van der Waals surface area contributed by atoms with Gasteiger partial charge in [-0.2, -0.15) is 0 Å². The summed E-state index contributed by atoms with van der Waals surface area (Å²) in [7, 11) is 0. The largest absolute Gasteiger partial charge is 0.384 e. The monoisotopic (exact) mass is 512 g/mol. The van der Waals surface area contributed by atoms with Gasteiger partial charge < -0.3 is 14.9 Å².